The minimum Gasteiger partial charge on any atom is -0.444 e. The van der Waals surface area contributed by atoms with Gasteiger partial charge in [-0.25, -0.2) is 9.59 Å². The van der Waals surface area contributed by atoms with Crippen molar-refractivity contribution in [3.8, 4) is 0 Å². The Kier molecular flexibility index (Phi) is 7.37. The first-order valence-electron chi connectivity index (χ1n) is 10.6. The van der Waals surface area contributed by atoms with Gasteiger partial charge < -0.3 is 9.64 Å². The average molecular weight is 484 g/mol. The van der Waals surface area contributed by atoms with Crippen molar-refractivity contribution in [3.05, 3.63) is 94.0 Å². The topological polar surface area (TPSA) is 61.9 Å². The molecule has 0 radical (unpaired) electrons. The van der Waals surface area contributed by atoms with Crippen molar-refractivity contribution in [1.82, 2.24) is 4.90 Å². The van der Waals surface area contributed by atoms with Crippen LogP contribution in [0.4, 0.5) is 21.0 Å². The van der Waals surface area contributed by atoms with Gasteiger partial charge in [0.05, 0.1) is 10.0 Å². The predicted octanol–water partition coefficient (Wildman–Crippen LogP) is 6.57. The Bertz CT molecular complexity index is 1120. The molecule has 1 aliphatic heterocycles. The SMILES string of the molecule is O=C(Nc1ccc(N2CCCN(Cc3ccc(Cl)c(Cl)c3)C2=O)cc1)OCc1ccccc1. The number of ether oxygens (including phenoxy) is 1. The fourth-order valence-electron chi connectivity index (χ4n) is 3.63. The summed E-state index contributed by atoms with van der Waals surface area (Å²) in [5.74, 6) is 0. The zero-order chi connectivity index (χ0) is 23.2. The van der Waals surface area contributed by atoms with E-state index in [2.05, 4.69) is 5.32 Å². The Balaban J connectivity index is 1.34. The van der Waals surface area contributed by atoms with Crippen LogP contribution in [0.25, 0.3) is 0 Å². The van der Waals surface area contributed by atoms with Gasteiger partial charge in [0.2, 0.25) is 0 Å². The lowest BCUT2D eigenvalue weighted by molar-refractivity contribution is 0.155. The maximum atomic E-state index is 13.1. The van der Waals surface area contributed by atoms with E-state index in [4.69, 9.17) is 27.9 Å². The first-order chi connectivity index (χ1) is 16.0. The van der Waals surface area contributed by atoms with E-state index in [1.807, 2.05) is 48.5 Å². The maximum absolute atomic E-state index is 13.1. The zero-order valence-corrected chi connectivity index (χ0v) is 19.4. The number of anilines is 2. The number of carbonyl (C=O) groups is 2. The first kappa shape index (κ1) is 23.0. The molecule has 1 heterocycles. The van der Waals surface area contributed by atoms with Gasteiger partial charge in [-0.3, -0.25) is 10.2 Å². The average Bonchev–Trinajstić information content (AvgIpc) is 2.83. The quantitative estimate of drug-likeness (QED) is 0.430. The molecule has 0 aromatic heterocycles. The van der Waals surface area contributed by atoms with Crippen molar-refractivity contribution < 1.29 is 14.3 Å². The molecule has 0 spiro atoms. The lowest BCUT2D eigenvalue weighted by Gasteiger charge is -2.35. The molecule has 1 aliphatic rings. The van der Waals surface area contributed by atoms with E-state index in [1.54, 1.807) is 34.1 Å². The Morgan fingerprint density at radius 1 is 0.909 bits per heavy atom. The number of benzene rings is 3. The molecule has 1 N–H and O–H groups in total. The van der Waals surface area contributed by atoms with Gasteiger partial charge in [0.1, 0.15) is 6.61 Å². The molecule has 3 aromatic carbocycles. The Morgan fingerprint density at radius 2 is 1.67 bits per heavy atom. The van der Waals surface area contributed by atoms with E-state index < -0.39 is 6.09 Å². The van der Waals surface area contributed by atoms with Gasteiger partial charge in [-0.1, -0.05) is 59.6 Å². The van der Waals surface area contributed by atoms with Gasteiger partial charge >= 0.3 is 12.1 Å². The van der Waals surface area contributed by atoms with E-state index in [9.17, 15) is 9.59 Å². The summed E-state index contributed by atoms with van der Waals surface area (Å²) in [7, 11) is 0. The normalized spacial score (nSPS) is 13.7. The number of nitrogens with zero attached hydrogens (tertiary/aromatic N) is 2. The fraction of sp³-hybridized carbons (Fsp3) is 0.200. The molecule has 0 bridgehead atoms. The highest BCUT2D eigenvalue weighted by molar-refractivity contribution is 6.42. The monoisotopic (exact) mass is 483 g/mol. The Hall–Kier alpha value is -3.22. The van der Waals surface area contributed by atoms with Gasteiger partial charge in [-0.05, 0) is 53.9 Å². The van der Waals surface area contributed by atoms with Gasteiger partial charge in [-0.15, -0.1) is 0 Å². The van der Waals surface area contributed by atoms with Crippen LogP contribution < -0.4 is 10.2 Å². The van der Waals surface area contributed by atoms with Crippen LogP contribution in [0.1, 0.15) is 17.5 Å². The number of rotatable bonds is 6. The van der Waals surface area contributed by atoms with Crippen LogP contribution in [0, 0.1) is 0 Å². The minimum absolute atomic E-state index is 0.0738. The highest BCUT2D eigenvalue weighted by Gasteiger charge is 2.27. The predicted molar refractivity (Wildman–Crippen MR) is 131 cm³/mol. The highest BCUT2D eigenvalue weighted by atomic mass is 35.5. The van der Waals surface area contributed by atoms with Gasteiger partial charge in [0.15, 0.2) is 0 Å². The summed E-state index contributed by atoms with van der Waals surface area (Å²) in [4.78, 5) is 28.7. The van der Waals surface area contributed by atoms with Gasteiger partial charge in [0.25, 0.3) is 0 Å². The summed E-state index contributed by atoms with van der Waals surface area (Å²) < 4.78 is 5.24. The van der Waals surface area contributed by atoms with E-state index in [0.29, 0.717) is 35.4 Å². The molecular weight excluding hydrogens is 461 g/mol. The molecule has 4 rings (SSSR count). The standard InChI is InChI=1S/C25H23Cl2N3O3/c26-22-12-7-19(15-23(22)27)16-29-13-4-14-30(25(29)32)21-10-8-20(9-11-21)28-24(31)33-17-18-5-2-1-3-6-18/h1-3,5-12,15H,4,13-14,16-17H2,(H,28,31). The van der Waals surface area contributed by atoms with E-state index in [1.165, 1.54) is 0 Å². The minimum atomic E-state index is -0.534. The van der Waals surface area contributed by atoms with Gasteiger partial charge in [-0.2, -0.15) is 0 Å². The highest BCUT2D eigenvalue weighted by Crippen LogP contribution is 2.26. The molecule has 1 fully saturated rings. The van der Waals surface area contributed by atoms with Crippen LogP contribution in [0.15, 0.2) is 72.8 Å². The first-order valence-corrected chi connectivity index (χ1v) is 11.3. The lowest BCUT2D eigenvalue weighted by Crippen LogP contribution is -2.49. The summed E-state index contributed by atoms with van der Waals surface area (Å²) in [5, 5.41) is 3.67. The lowest BCUT2D eigenvalue weighted by atomic mass is 10.1. The van der Waals surface area contributed by atoms with Crippen LogP contribution in [0.3, 0.4) is 0 Å². The van der Waals surface area contributed by atoms with Crippen LogP contribution in [-0.4, -0.2) is 30.1 Å². The third kappa shape index (κ3) is 5.97. The third-order valence-corrected chi connectivity index (χ3v) is 6.05. The summed E-state index contributed by atoms with van der Waals surface area (Å²) in [6, 6.07) is 21.9. The maximum Gasteiger partial charge on any atom is 0.411 e. The number of halogens is 2. The van der Waals surface area contributed by atoms with Crippen LogP contribution in [0.2, 0.25) is 10.0 Å². The summed E-state index contributed by atoms with van der Waals surface area (Å²) >= 11 is 12.1. The molecule has 0 aliphatic carbocycles. The number of hydrogen-bond donors (Lipinski definition) is 1. The largest absolute Gasteiger partial charge is 0.444 e. The molecule has 0 atom stereocenters. The molecule has 3 amide bonds. The second-order valence-corrected chi connectivity index (χ2v) is 8.51. The summed E-state index contributed by atoms with van der Waals surface area (Å²) in [5.41, 5.74) is 3.20. The second kappa shape index (κ2) is 10.6. The van der Waals surface area contributed by atoms with Crippen LogP contribution in [0.5, 0.6) is 0 Å². The Labute approximate surface area is 202 Å². The molecule has 170 valence electrons. The van der Waals surface area contributed by atoms with Crippen molar-refractivity contribution in [2.45, 2.75) is 19.6 Å². The number of carbonyl (C=O) groups excluding carboxylic acids is 2. The van der Waals surface area contributed by atoms with Crippen molar-refractivity contribution in [3.63, 3.8) is 0 Å². The van der Waals surface area contributed by atoms with Crippen molar-refractivity contribution in [1.29, 1.82) is 0 Å². The molecule has 8 heteroatoms. The van der Waals surface area contributed by atoms with Crippen molar-refractivity contribution in [2.24, 2.45) is 0 Å². The van der Waals surface area contributed by atoms with Crippen LogP contribution in [-0.2, 0) is 17.9 Å². The molecular formula is C25H23Cl2N3O3. The van der Waals surface area contributed by atoms with Crippen LogP contribution >= 0.6 is 23.2 Å². The Morgan fingerprint density at radius 3 is 2.39 bits per heavy atom. The van der Waals surface area contributed by atoms with Gasteiger partial charge in [0, 0.05) is 31.0 Å². The fourth-order valence-corrected chi connectivity index (χ4v) is 3.95. The summed E-state index contributed by atoms with van der Waals surface area (Å²) in [6.07, 6.45) is 0.312. The number of nitrogens with one attached hydrogen (secondary N) is 1. The van der Waals surface area contributed by atoms with Crippen molar-refractivity contribution >= 4 is 46.7 Å². The number of hydrogen-bond acceptors (Lipinski definition) is 3. The molecule has 6 nitrogen and oxygen atoms in total. The third-order valence-electron chi connectivity index (χ3n) is 5.31. The molecule has 1 saturated heterocycles. The molecule has 33 heavy (non-hydrogen) atoms. The number of amides is 3. The van der Waals surface area contributed by atoms with Crippen molar-refractivity contribution in [2.75, 3.05) is 23.3 Å². The van der Waals surface area contributed by atoms with E-state index in [-0.39, 0.29) is 12.6 Å². The zero-order valence-electron chi connectivity index (χ0n) is 17.8. The summed E-state index contributed by atoms with van der Waals surface area (Å²) in [6.45, 7) is 1.95. The molecule has 3 aromatic rings. The molecule has 0 unspecified atom stereocenters. The smallest absolute Gasteiger partial charge is 0.411 e. The molecule has 0 saturated carbocycles. The second-order valence-electron chi connectivity index (χ2n) is 7.69. The van der Waals surface area contributed by atoms with E-state index >= 15 is 0 Å². The number of urea groups is 1. The van der Waals surface area contributed by atoms with E-state index in [0.717, 1.165) is 23.2 Å².